The second kappa shape index (κ2) is 5.86. The Balaban J connectivity index is 1.98. The fourth-order valence-electron chi connectivity index (χ4n) is 1.51. The van der Waals surface area contributed by atoms with Crippen molar-refractivity contribution >= 4 is 11.8 Å². The van der Waals surface area contributed by atoms with E-state index in [0.29, 0.717) is 11.3 Å². The van der Waals surface area contributed by atoms with Gasteiger partial charge in [-0.05, 0) is 36.4 Å². The van der Waals surface area contributed by atoms with E-state index in [-0.39, 0.29) is 24.6 Å². The predicted molar refractivity (Wildman–Crippen MR) is 66.3 cm³/mol. The summed E-state index contributed by atoms with van der Waals surface area (Å²) in [5, 5.41) is 8.48. The largest absolute Gasteiger partial charge is 0.493 e. The lowest BCUT2D eigenvalue weighted by atomic mass is 10.1. The zero-order valence-corrected chi connectivity index (χ0v) is 10.0. The molecule has 1 heterocycles. The summed E-state index contributed by atoms with van der Waals surface area (Å²) < 4.78 is 10.3. The summed E-state index contributed by atoms with van der Waals surface area (Å²) in [5.41, 5.74) is 0.487. The standard InChI is InChI=1S/C14H12O5/c15-13(16)7-9-18-11-5-3-10(4-6-11)14(17)12-2-1-8-19-12/h1-6,8H,7,9H2,(H,15,16). The molecular weight excluding hydrogens is 248 g/mol. The maximum Gasteiger partial charge on any atom is 0.306 e. The lowest BCUT2D eigenvalue weighted by Gasteiger charge is -2.05. The Morgan fingerprint density at radius 3 is 2.47 bits per heavy atom. The fraction of sp³-hybridized carbons (Fsp3) is 0.143. The highest BCUT2D eigenvalue weighted by atomic mass is 16.5. The number of benzene rings is 1. The minimum absolute atomic E-state index is 0.0624. The molecule has 19 heavy (non-hydrogen) atoms. The Morgan fingerprint density at radius 2 is 1.89 bits per heavy atom. The van der Waals surface area contributed by atoms with Gasteiger partial charge < -0.3 is 14.3 Å². The smallest absolute Gasteiger partial charge is 0.306 e. The molecule has 0 radical (unpaired) electrons. The average Bonchev–Trinajstić information content (AvgIpc) is 2.92. The number of carbonyl (C=O) groups excluding carboxylic acids is 1. The second-order valence-corrected chi connectivity index (χ2v) is 3.82. The molecule has 1 N–H and O–H groups in total. The summed E-state index contributed by atoms with van der Waals surface area (Å²) in [5.74, 6) is -0.316. The van der Waals surface area contributed by atoms with Crippen LogP contribution in [-0.4, -0.2) is 23.5 Å². The third-order valence-corrected chi connectivity index (χ3v) is 2.45. The first-order chi connectivity index (χ1) is 9.16. The van der Waals surface area contributed by atoms with Crippen molar-refractivity contribution in [2.45, 2.75) is 6.42 Å². The summed E-state index contributed by atoms with van der Waals surface area (Å²) in [6.07, 6.45) is 1.38. The number of carboxylic acid groups (broad SMARTS) is 1. The summed E-state index contributed by atoms with van der Waals surface area (Å²) in [6, 6.07) is 9.72. The molecule has 2 aromatic rings. The summed E-state index contributed by atoms with van der Waals surface area (Å²) >= 11 is 0. The van der Waals surface area contributed by atoms with Crippen LogP contribution in [0.1, 0.15) is 22.5 Å². The van der Waals surface area contributed by atoms with Crippen LogP contribution in [0.4, 0.5) is 0 Å². The number of furan rings is 1. The summed E-state index contributed by atoms with van der Waals surface area (Å²) in [7, 11) is 0. The Hall–Kier alpha value is -2.56. The van der Waals surface area contributed by atoms with Crippen molar-refractivity contribution in [3.05, 3.63) is 54.0 Å². The molecule has 0 bridgehead atoms. The van der Waals surface area contributed by atoms with Crippen molar-refractivity contribution in [3.8, 4) is 5.75 Å². The number of rotatable bonds is 6. The van der Waals surface area contributed by atoms with Crippen molar-refractivity contribution in [1.29, 1.82) is 0 Å². The highest BCUT2D eigenvalue weighted by Crippen LogP contribution is 2.15. The summed E-state index contributed by atoms with van der Waals surface area (Å²) in [4.78, 5) is 22.2. The number of carboxylic acids is 1. The molecule has 0 saturated carbocycles. The zero-order chi connectivity index (χ0) is 13.7. The van der Waals surface area contributed by atoms with Crippen LogP contribution in [0, 0.1) is 0 Å². The Labute approximate surface area is 109 Å². The number of hydrogen-bond donors (Lipinski definition) is 1. The number of carbonyl (C=O) groups is 2. The third-order valence-electron chi connectivity index (χ3n) is 2.45. The van der Waals surface area contributed by atoms with Crippen molar-refractivity contribution in [1.82, 2.24) is 0 Å². The van der Waals surface area contributed by atoms with Crippen molar-refractivity contribution in [2.24, 2.45) is 0 Å². The van der Waals surface area contributed by atoms with Gasteiger partial charge in [-0.2, -0.15) is 0 Å². The van der Waals surface area contributed by atoms with Gasteiger partial charge in [0.25, 0.3) is 0 Å². The van der Waals surface area contributed by atoms with E-state index in [4.69, 9.17) is 14.3 Å². The number of hydrogen-bond acceptors (Lipinski definition) is 4. The van der Waals surface area contributed by atoms with E-state index in [1.54, 1.807) is 36.4 Å². The molecule has 0 saturated heterocycles. The van der Waals surface area contributed by atoms with E-state index >= 15 is 0 Å². The summed E-state index contributed by atoms with van der Waals surface area (Å²) in [6.45, 7) is 0.0980. The molecule has 0 aliphatic carbocycles. The SMILES string of the molecule is O=C(O)CCOc1ccc(C(=O)c2ccco2)cc1. The van der Waals surface area contributed by atoms with E-state index < -0.39 is 5.97 Å². The minimum atomic E-state index is -0.912. The Kier molecular flexibility index (Phi) is 3.97. The fourth-order valence-corrected chi connectivity index (χ4v) is 1.51. The highest BCUT2D eigenvalue weighted by molar-refractivity contribution is 6.07. The average molecular weight is 260 g/mol. The van der Waals surface area contributed by atoms with Crippen LogP contribution in [0.3, 0.4) is 0 Å². The van der Waals surface area contributed by atoms with Crippen LogP contribution in [0.15, 0.2) is 47.1 Å². The zero-order valence-electron chi connectivity index (χ0n) is 10.0. The molecule has 5 nitrogen and oxygen atoms in total. The molecule has 2 rings (SSSR count). The van der Waals surface area contributed by atoms with Gasteiger partial charge in [-0.15, -0.1) is 0 Å². The monoisotopic (exact) mass is 260 g/mol. The number of ketones is 1. The van der Waals surface area contributed by atoms with Crippen molar-refractivity contribution in [3.63, 3.8) is 0 Å². The normalized spacial score (nSPS) is 10.1. The minimum Gasteiger partial charge on any atom is -0.493 e. The molecular formula is C14H12O5. The van der Waals surface area contributed by atoms with Crippen LogP contribution < -0.4 is 4.74 Å². The molecule has 0 aliphatic heterocycles. The highest BCUT2D eigenvalue weighted by Gasteiger charge is 2.11. The van der Waals surface area contributed by atoms with E-state index in [1.807, 2.05) is 0 Å². The Morgan fingerprint density at radius 1 is 1.16 bits per heavy atom. The third kappa shape index (κ3) is 3.45. The van der Waals surface area contributed by atoms with Gasteiger partial charge in [-0.25, -0.2) is 0 Å². The second-order valence-electron chi connectivity index (χ2n) is 3.82. The van der Waals surface area contributed by atoms with E-state index in [0.717, 1.165) is 0 Å². The van der Waals surface area contributed by atoms with Crippen LogP contribution in [0.5, 0.6) is 5.75 Å². The van der Waals surface area contributed by atoms with Gasteiger partial charge in [0.1, 0.15) is 5.75 Å². The molecule has 98 valence electrons. The topological polar surface area (TPSA) is 76.7 Å². The van der Waals surface area contributed by atoms with Crippen LogP contribution >= 0.6 is 0 Å². The molecule has 0 unspecified atom stereocenters. The maximum absolute atomic E-state index is 11.9. The van der Waals surface area contributed by atoms with Gasteiger partial charge >= 0.3 is 5.97 Å². The van der Waals surface area contributed by atoms with Gasteiger partial charge in [0.05, 0.1) is 19.3 Å². The first-order valence-electron chi connectivity index (χ1n) is 5.69. The molecule has 0 amide bonds. The van der Waals surface area contributed by atoms with Gasteiger partial charge in [-0.3, -0.25) is 9.59 Å². The van der Waals surface area contributed by atoms with Crippen LogP contribution in [0.25, 0.3) is 0 Å². The lowest BCUT2D eigenvalue weighted by Crippen LogP contribution is -2.05. The van der Waals surface area contributed by atoms with Crippen molar-refractivity contribution < 1.29 is 23.8 Å². The molecule has 1 aromatic carbocycles. The number of ether oxygens (including phenoxy) is 1. The van der Waals surface area contributed by atoms with Gasteiger partial charge in [-0.1, -0.05) is 0 Å². The van der Waals surface area contributed by atoms with E-state index in [9.17, 15) is 9.59 Å². The van der Waals surface area contributed by atoms with Gasteiger partial charge in [0, 0.05) is 5.56 Å². The van der Waals surface area contributed by atoms with Gasteiger partial charge in [0.15, 0.2) is 5.76 Å². The first-order valence-corrected chi connectivity index (χ1v) is 5.69. The van der Waals surface area contributed by atoms with Gasteiger partial charge in [0.2, 0.25) is 5.78 Å². The predicted octanol–water partition coefficient (Wildman–Crippen LogP) is 2.36. The molecule has 1 aromatic heterocycles. The molecule has 0 fully saturated rings. The first kappa shape index (κ1) is 12.9. The van der Waals surface area contributed by atoms with Crippen molar-refractivity contribution in [2.75, 3.05) is 6.61 Å². The van der Waals surface area contributed by atoms with E-state index in [2.05, 4.69) is 0 Å². The molecule has 0 spiro atoms. The molecule has 5 heteroatoms. The maximum atomic E-state index is 11.9. The quantitative estimate of drug-likeness (QED) is 0.807. The molecule has 0 atom stereocenters. The molecule has 0 aliphatic rings. The lowest BCUT2D eigenvalue weighted by molar-refractivity contribution is -0.137. The van der Waals surface area contributed by atoms with Crippen LogP contribution in [0.2, 0.25) is 0 Å². The Bertz CT molecular complexity index is 554. The number of aliphatic carboxylic acids is 1. The van der Waals surface area contributed by atoms with E-state index in [1.165, 1.54) is 6.26 Å². The van der Waals surface area contributed by atoms with Crippen LogP contribution in [-0.2, 0) is 4.79 Å².